The molecule has 7 heteroatoms. The first-order valence-electron chi connectivity index (χ1n) is 6.74. The molecule has 0 saturated carbocycles. The second kappa shape index (κ2) is 8.73. The molecule has 1 aliphatic rings. The van der Waals surface area contributed by atoms with E-state index in [-0.39, 0.29) is 24.8 Å². The number of hydrogen-bond donors (Lipinski definition) is 1. The first kappa shape index (κ1) is 18.4. The van der Waals surface area contributed by atoms with Crippen molar-refractivity contribution in [2.45, 2.75) is 18.0 Å². The van der Waals surface area contributed by atoms with E-state index in [1.165, 1.54) is 25.9 Å². The van der Waals surface area contributed by atoms with E-state index in [0.29, 0.717) is 0 Å². The Labute approximate surface area is 141 Å². The van der Waals surface area contributed by atoms with Gasteiger partial charge in [-0.25, -0.2) is 4.98 Å². The summed E-state index contributed by atoms with van der Waals surface area (Å²) in [5, 5.41) is 1.00. The van der Waals surface area contributed by atoms with Crippen molar-refractivity contribution < 1.29 is 4.74 Å². The molecular formula is C14H21Cl2N3OS. The lowest BCUT2D eigenvalue weighted by atomic mass is 10.3. The van der Waals surface area contributed by atoms with Crippen molar-refractivity contribution in [2.24, 2.45) is 0 Å². The number of nitrogens with one attached hydrogen (secondary N) is 1. The molecule has 0 bridgehead atoms. The molecule has 1 fully saturated rings. The molecule has 118 valence electrons. The maximum atomic E-state index is 5.22. The minimum Gasteiger partial charge on any atom is -0.497 e. The number of fused-ring (bicyclic) bond motifs is 1. The Balaban J connectivity index is 0.00000110. The fraction of sp³-hybridized carbons (Fsp3) is 0.500. The summed E-state index contributed by atoms with van der Waals surface area (Å²) in [7, 11) is 1.68. The molecule has 2 heterocycles. The van der Waals surface area contributed by atoms with Gasteiger partial charge in [0.1, 0.15) is 5.75 Å². The maximum Gasteiger partial charge on any atom is 0.166 e. The van der Waals surface area contributed by atoms with Crippen molar-refractivity contribution in [3.05, 3.63) is 18.2 Å². The van der Waals surface area contributed by atoms with Crippen LogP contribution in [0.25, 0.3) is 11.0 Å². The third-order valence-electron chi connectivity index (χ3n) is 3.51. The molecule has 1 aromatic heterocycles. The molecule has 21 heavy (non-hydrogen) atoms. The Morgan fingerprint density at radius 1 is 1.29 bits per heavy atom. The van der Waals surface area contributed by atoms with Crippen LogP contribution in [0.2, 0.25) is 0 Å². The van der Waals surface area contributed by atoms with Crippen LogP contribution in [-0.2, 0) is 0 Å². The summed E-state index contributed by atoms with van der Waals surface area (Å²) >= 11 is 1.80. The highest BCUT2D eigenvalue weighted by Crippen LogP contribution is 2.23. The number of benzene rings is 1. The fourth-order valence-electron chi connectivity index (χ4n) is 2.44. The number of rotatable bonds is 5. The van der Waals surface area contributed by atoms with E-state index in [1.54, 1.807) is 18.9 Å². The summed E-state index contributed by atoms with van der Waals surface area (Å²) in [6.45, 7) is 3.68. The molecule has 2 aromatic rings. The van der Waals surface area contributed by atoms with E-state index in [0.717, 1.165) is 34.2 Å². The second-order valence-corrected chi connectivity index (χ2v) is 5.91. The van der Waals surface area contributed by atoms with Gasteiger partial charge in [0, 0.05) is 18.4 Å². The van der Waals surface area contributed by atoms with Crippen LogP contribution in [0, 0.1) is 0 Å². The van der Waals surface area contributed by atoms with Crippen LogP contribution in [0.4, 0.5) is 0 Å². The van der Waals surface area contributed by atoms with Gasteiger partial charge in [0.2, 0.25) is 0 Å². The Morgan fingerprint density at radius 2 is 2.05 bits per heavy atom. The van der Waals surface area contributed by atoms with E-state index < -0.39 is 0 Å². The van der Waals surface area contributed by atoms with Gasteiger partial charge in [0.25, 0.3) is 0 Å². The number of ether oxygens (including phenoxy) is 1. The number of aromatic amines is 1. The molecule has 1 aromatic carbocycles. The standard InChI is InChI=1S/C14H19N3OS.2ClH/c1-18-11-4-5-12-13(10-11)16-14(15-12)19-9-8-17-6-2-3-7-17;;/h4-5,10H,2-3,6-9H2,1H3,(H,15,16);2*1H. The molecule has 0 spiro atoms. The van der Waals surface area contributed by atoms with E-state index in [2.05, 4.69) is 14.9 Å². The molecule has 1 saturated heterocycles. The number of likely N-dealkylation sites (tertiary alicyclic amines) is 1. The zero-order chi connectivity index (χ0) is 13.1. The van der Waals surface area contributed by atoms with Crippen LogP contribution in [0.5, 0.6) is 5.75 Å². The zero-order valence-electron chi connectivity index (χ0n) is 12.0. The van der Waals surface area contributed by atoms with Crippen molar-refractivity contribution in [1.82, 2.24) is 14.9 Å². The molecule has 1 N–H and O–H groups in total. The number of hydrogen-bond acceptors (Lipinski definition) is 4. The highest BCUT2D eigenvalue weighted by molar-refractivity contribution is 7.99. The molecule has 0 atom stereocenters. The predicted molar refractivity (Wildman–Crippen MR) is 93.5 cm³/mol. The minimum absolute atomic E-state index is 0. The largest absolute Gasteiger partial charge is 0.497 e. The first-order valence-corrected chi connectivity index (χ1v) is 7.72. The van der Waals surface area contributed by atoms with Gasteiger partial charge in [0.15, 0.2) is 5.16 Å². The Bertz CT molecular complexity index is 558. The van der Waals surface area contributed by atoms with Gasteiger partial charge in [-0.1, -0.05) is 11.8 Å². The van der Waals surface area contributed by atoms with Crippen molar-refractivity contribution in [2.75, 3.05) is 32.5 Å². The third-order valence-corrected chi connectivity index (χ3v) is 4.37. The second-order valence-electron chi connectivity index (χ2n) is 4.82. The summed E-state index contributed by atoms with van der Waals surface area (Å²) < 4.78 is 5.22. The van der Waals surface area contributed by atoms with Crippen LogP contribution in [-0.4, -0.2) is 47.4 Å². The highest BCUT2D eigenvalue weighted by atomic mass is 35.5. The van der Waals surface area contributed by atoms with Crippen LogP contribution < -0.4 is 4.74 Å². The molecule has 0 amide bonds. The van der Waals surface area contributed by atoms with Gasteiger partial charge in [-0.05, 0) is 38.1 Å². The molecule has 4 nitrogen and oxygen atoms in total. The number of thioether (sulfide) groups is 1. The Morgan fingerprint density at radius 3 is 2.76 bits per heavy atom. The van der Waals surface area contributed by atoms with E-state index in [9.17, 15) is 0 Å². The molecule has 0 aliphatic carbocycles. The molecular weight excluding hydrogens is 329 g/mol. The van der Waals surface area contributed by atoms with Crippen molar-refractivity contribution in [3.63, 3.8) is 0 Å². The SMILES string of the molecule is COc1ccc2nc(SCCN3CCCC3)[nH]c2c1.Cl.Cl. The summed E-state index contributed by atoms with van der Waals surface area (Å²) in [6, 6.07) is 5.93. The van der Waals surface area contributed by atoms with E-state index >= 15 is 0 Å². The normalized spacial score (nSPS) is 14.7. The average molecular weight is 350 g/mol. The lowest BCUT2D eigenvalue weighted by Crippen LogP contribution is -2.21. The lowest BCUT2D eigenvalue weighted by molar-refractivity contribution is 0.362. The molecule has 3 rings (SSSR count). The topological polar surface area (TPSA) is 41.1 Å². The predicted octanol–water partition coefficient (Wildman–Crippen LogP) is 3.60. The molecule has 0 unspecified atom stereocenters. The monoisotopic (exact) mass is 349 g/mol. The number of methoxy groups -OCH3 is 1. The quantitative estimate of drug-likeness (QED) is 0.837. The summed E-state index contributed by atoms with van der Waals surface area (Å²) in [5.41, 5.74) is 2.05. The van der Waals surface area contributed by atoms with Crippen LogP contribution >= 0.6 is 36.6 Å². The number of H-pyrrole nitrogens is 1. The smallest absolute Gasteiger partial charge is 0.166 e. The first-order chi connectivity index (χ1) is 9.35. The van der Waals surface area contributed by atoms with Crippen molar-refractivity contribution in [1.29, 1.82) is 0 Å². The lowest BCUT2D eigenvalue weighted by Gasteiger charge is -2.12. The van der Waals surface area contributed by atoms with Gasteiger partial charge in [-0.15, -0.1) is 24.8 Å². The number of aromatic nitrogens is 2. The molecule has 0 radical (unpaired) electrons. The average Bonchev–Trinajstić information content (AvgIpc) is 3.06. The van der Waals surface area contributed by atoms with E-state index in [1.807, 2.05) is 18.2 Å². The third kappa shape index (κ3) is 4.68. The summed E-state index contributed by atoms with van der Waals surface area (Å²) in [6.07, 6.45) is 2.71. The number of halogens is 2. The van der Waals surface area contributed by atoms with Crippen LogP contribution in [0.15, 0.2) is 23.4 Å². The van der Waals surface area contributed by atoms with Gasteiger partial charge in [-0.2, -0.15) is 0 Å². The maximum absolute atomic E-state index is 5.22. The number of imidazole rings is 1. The van der Waals surface area contributed by atoms with Gasteiger partial charge in [0.05, 0.1) is 18.1 Å². The van der Waals surface area contributed by atoms with Crippen molar-refractivity contribution >= 4 is 47.6 Å². The van der Waals surface area contributed by atoms with Crippen molar-refractivity contribution in [3.8, 4) is 5.75 Å². The molecule has 1 aliphatic heterocycles. The van der Waals surface area contributed by atoms with Gasteiger partial charge in [-0.3, -0.25) is 0 Å². The number of nitrogens with zero attached hydrogens (tertiary/aromatic N) is 2. The highest BCUT2D eigenvalue weighted by Gasteiger charge is 2.11. The summed E-state index contributed by atoms with van der Waals surface area (Å²) in [4.78, 5) is 10.5. The van der Waals surface area contributed by atoms with Gasteiger partial charge >= 0.3 is 0 Å². The van der Waals surface area contributed by atoms with Crippen LogP contribution in [0.3, 0.4) is 0 Å². The zero-order valence-corrected chi connectivity index (χ0v) is 14.5. The Hall–Kier alpha value is -0.620. The fourth-order valence-corrected chi connectivity index (χ4v) is 3.33. The minimum atomic E-state index is 0. The van der Waals surface area contributed by atoms with Crippen LogP contribution in [0.1, 0.15) is 12.8 Å². The van der Waals surface area contributed by atoms with E-state index in [4.69, 9.17) is 4.74 Å². The van der Waals surface area contributed by atoms with Gasteiger partial charge < -0.3 is 14.6 Å². The Kier molecular flexibility index (Phi) is 7.66. The summed E-state index contributed by atoms with van der Waals surface area (Å²) in [5.74, 6) is 1.96.